The molecule has 3 heterocycles. The number of aromatic amines is 1. The minimum Gasteiger partial charge on any atom is -0.497 e. The van der Waals surface area contributed by atoms with E-state index in [4.69, 9.17) is 4.74 Å². The first-order chi connectivity index (χ1) is 14.6. The Kier molecular flexibility index (Phi) is 4.31. The number of aromatic nitrogens is 3. The molecule has 0 saturated heterocycles. The van der Waals surface area contributed by atoms with Crippen LogP contribution in [0.3, 0.4) is 0 Å². The van der Waals surface area contributed by atoms with Gasteiger partial charge in [0.05, 0.1) is 13.2 Å². The number of hydrogen-bond acceptors (Lipinski definition) is 3. The number of H-pyrrole nitrogens is 1. The van der Waals surface area contributed by atoms with Crippen LogP contribution in [0.1, 0.15) is 33.4 Å². The smallest absolute Gasteiger partial charge is 0.272 e. The van der Waals surface area contributed by atoms with Crippen LogP contribution < -0.4 is 4.74 Å². The molecule has 30 heavy (non-hydrogen) atoms. The number of carbonyl (C=O) groups is 1. The minimum absolute atomic E-state index is 0.105. The molecular weight excluding hydrogens is 383 g/mol. The van der Waals surface area contributed by atoms with Crippen LogP contribution >= 0.6 is 0 Å². The van der Waals surface area contributed by atoms with Crippen LogP contribution in [0.15, 0.2) is 54.7 Å². The van der Waals surface area contributed by atoms with Gasteiger partial charge >= 0.3 is 0 Å². The molecule has 152 valence electrons. The van der Waals surface area contributed by atoms with Crippen molar-refractivity contribution < 1.29 is 13.9 Å². The highest BCUT2D eigenvalue weighted by molar-refractivity contribution is 5.94. The van der Waals surface area contributed by atoms with E-state index in [1.807, 2.05) is 23.1 Å². The van der Waals surface area contributed by atoms with Gasteiger partial charge in [0.25, 0.3) is 5.91 Å². The number of nitrogens with one attached hydrogen (secondary N) is 1. The molecule has 0 aliphatic carbocycles. The topological polar surface area (TPSA) is 63.1 Å². The summed E-state index contributed by atoms with van der Waals surface area (Å²) in [5.74, 6) is 0.378. The molecule has 4 aromatic rings. The number of nitrogens with zero attached hydrogens (tertiary/aromatic N) is 3. The summed E-state index contributed by atoms with van der Waals surface area (Å²) in [7, 11) is 3.40. The second-order valence-corrected chi connectivity index (χ2v) is 7.47. The van der Waals surface area contributed by atoms with Gasteiger partial charge < -0.3 is 14.6 Å². The molecule has 0 fully saturated rings. The van der Waals surface area contributed by atoms with E-state index in [1.165, 1.54) is 12.1 Å². The van der Waals surface area contributed by atoms with Gasteiger partial charge in [-0.3, -0.25) is 9.48 Å². The molecule has 7 heteroatoms. The number of ether oxygens (including phenoxy) is 1. The summed E-state index contributed by atoms with van der Waals surface area (Å²) in [6.07, 6.45) is 2.33. The van der Waals surface area contributed by atoms with Crippen molar-refractivity contribution in [3.8, 4) is 5.75 Å². The maximum atomic E-state index is 13.6. The van der Waals surface area contributed by atoms with E-state index in [0.29, 0.717) is 18.7 Å². The number of rotatable bonds is 3. The Morgan fingerprint density at radius 2 is 2.00 bits per heavy atom. The Bertz CT molecular complexity index is 1240. The van der Waals surface area contributed by atoms with Crippen molar-refractivity contribution in [1.29, 1.82) is 0 Å². The first-order valence-electron chi connectivity index (χ1n) is 9.79. The van der Waals surface area contributed by atoms with E-state index < -0.39 is 0 Å². The molecule has 0 bridgehead atoms. The van der Waals surface area contributed by atoms with Crippen LogP contribution in [0.4, 0.5) is 4.39 Å². The zero-order valence-corrected chi connectivity index (χ0v) is 16.7. The van der Waals surface area contributed by atoms with Crippen LogP contribution in [0.5, 0.6) is 5.75 Å². The molecule has 0 spiro atoms. The number of fused-ring (bicyclic) bond motifs is 3. The lowest BCUT2D eigenvalue weighted by Gasteiger charge is -2.36. The average Bonchev–Trinajstić information content (AvgIpc) is 3.36. The maximum absolute atomic E-state index is 13.6. The van der Waals surface area contributed by atoms with Crippen molar-refractivity contribution in [1.82, 2.24) is 19.7 Å². The number of methoxy groups -OCH3 is 1. The summed E-state index contributed by atoms with van der Waals surface area (Å²) in [6.45, 7) is 0.545. The summed E-state index contributed by atoms with van der Waals surface area (Å²) in [4.78, 5) is 18.8. The third kappa shape index (κ3) is 2.85. The van der Waals surface area contributed by atoms with Gasteiger partial charge in [0.1, 0.15) is 17.3 Å². The average molecular weight is 404 g/mol. The third-order valence-corrected chi connectivity index (χ3v) is 5.82. The fraction of sp³-hybridized carbons (Fsp3) is 0.217. The predicted molar refractivity (Wildman–Crippen MR) is 111 cm³/mol. The number of benzene rings is 2. The zero-order valence-electron chi connectivity index (χ0n) is 16.7. The Balaban J connectivity index is 1.68. The highest BCUT2D eigenvalue weighted by atomic mass is 19.1. The van der Waals surface area contributed by atoms with Gasteiger partial charge in [0.15, 0.2) is 0 Å². The fourth-order valence-corrected chi connectivity index (χ4v) is 4.34. The van der Waals surface area contributed by atoms with Gasteiger partial charge in [0.2, 0.25) is 0 Å². The van der Waals surface area contributed by atoms with Gasteiger partial charge in [-0.2, -0.15) is 5.10 Å². The first kappa shape index (κ1) is 18.4. The highest BCUT2D eigenvalue weighted by Crippen LogP contribution is 2.40. The van der Waals surface area contributed by atoms with Crippen molar-refractivity contribution in [2.75, 3.05) is 13.7 Å². The van der Waals surface area contributed by atoms with E-state index >= 15 is 0 Å². The molecular formula is C23H21FN4O2. The molecule has 0 radical (unpaired) electrons. The summed E-state index contributed by atoms with van der Waals surface area (Å²) in [5, 5.41) is 5.23. The second kappa shape index (κ2) is 7.02. The van der Waals surface area contributed by atoms with E-state index in [-0.39, 0.29) is 17.8 Å². The lowest BCUT2D eigenvalue weighted by Crippen LogP contribution is -2.41. The van der Waals surface area contributed by atoms with Crippen LogP contribution in [-0.2, 0) is 13.5 Å². The molecule has 1 aliphatic heterocycles. The largest absolute Gasteiger partial charge is 0.497 e. The SMILES string of the molecule is COc1ccc2[nH]c3c(c2c1)CCN(C(=O)c1ccnn1C)C3c1ccc(F)cc1. The van der Waals surface area contributed by atoms with Crippen molar-refractivity contribution in [3.63, 3.8) is 0 Å². The van der Waals surface area contributed by atoms with E-state index in [1.54, 1.807) is 43.2 Å². The second-order valence-electron chi connectivity index (χ2n) is 7.47. The van der Waals surface area contributed by atoms with E-state index in [2.05, 4.69) is 10.1 Å². The Hall–Kier alpha value is -3.61. The highest BCUT2D eigenvalue weighted by Gasteiger charge is 2.35. The van der Waals surface area contributed by atoms with Gasteiger partial charge in [-0.25, -0.2) is 4.39 Å². The monoisotopic (exact) mass is 404 g/mol. The Labute approximate surface area is 172 Å². The van der Waals surface area contributed by atoms with Crippen molar-refractivity contribution in [2.45, 2.75) is 12.5 Å². The maximum Gasteiger partial charge on any atom is 0.272 e. The third-order valence-electron chi connectivity index (χ3n) is 5.82. The number of hydrogen-bond donors (Lipinski definition) is 1. The summed E-state index contributed by atoms with van der Waals surface area (Å²) < 4.78 is 20.6. The van der Waals surface area contributed by atoms with Crippen LogP contribution in [0.25, 0.3) is 10.9 Å². The number of amides is 1. The minimum atomic E-state index is -0.352. The molecule has 1 aliphatic rings. The molecule has 1 unspecified atom stereocenters. The summed E-state index contributed by atoms with van der Waals surface area (Å²) in [5.41, 5.74) is 4.47. The first-order valence-corrected chi connectivity index (χ1v) is 9.79. The van der Waals surface area contributed by atoms with E-state index in [9.17, 15) is 9.18 Å². The van der Waals surface area contributed by atoms with Crippen LogP contribution in [-0.4, -0.2) is 39.2 Å². The standard InChI is InChI=1S/C23H21FN4O2/c1-27-20(9-11-25-27)23(29)28-12-10-17-18-13-16(30-2)7-8-19(18)26-21(17)22(28)14-3-5-15(24)6-4-14/h3-9,11,13,22,26H,10,12H2,1-2H3. The molecule has 5 rings (SSSR count). The lowest BCUT2D eigenvalue weighted by atomic mass is 9.92. The van der Waals surface area contributed by atoms with Gasteiger partial charge in [-0.15, -0.1) is 0 Å². The van der Waals surface area contributed by atoms with Gasteiger partial charge in [-0.05, 0) is 53.9 Å². The van der Waals surface area contributed by atoms with Crippen LogP contribution in [0, 0.1) is 5.82 Å². The number of aryl methyl sites for hydroxylation is 1. The van der Waals surface area contributed by atoms with E-state index in [0.717, 1.165) is 33.5 Å². The van der Waals surface area contributed by atoms with Crippen molar-refractivity contribution in [3.05, 3.63) is 83.1 Å². The van der Waals surface area contributed by atoms with Crippen LogP contribution in [0.2, 0.25) is 0 Å². The van der Waals surface area contributed by atoms with Gasteiger partial charge in [-0.1, -0.05) is 12.1 Å². The lowest BCUT2D eigenvalue weighted by molar-refractivity contribution is 0.0680. The summed E-state index contributed by atoms with van der Waals surface area (Å²) >= 11 is 0. The number of halogens is 1. The Morgan fingerprint density at radius 3 is 2.70 bits per heavy atom. The quantitative estimate of drug-likeness (QED) is 0.564. The normalized spacial score (nSPS) is 16.0. The molecule has 2 aromatic carbocycles. The molecule has 1 N–H and O–H groups in total. The fourth-order valence-electron chi connectivity index (χ4n) is 4.34. The van der Waals surface area contributed by atoms with Crippen molar-refractivity contribution >= 4 is 16.8 Å². The molecule has 1 amide bonds. The van der Waals surface area contributed by atoms with Gasteiger partial charge in [0, 0.05) is 36.4 Å². The molecule has 1 atom stereocenters. The molecule has 2 aromatic heterocycles. The zero-order chi connectivity index (χ0) is 20.8. The number of carbonyl (C=O) groups excluding carboxylic acids is 1. The molecule has 0 saturated carbocycles. The molecule has 6 nitrogen and oxygen atoms in total. The summed E-state index contributed by atoms with van der Waals surface area (Å²) in [6, 6.07) is 13.6. The van der Waals surface area contributed by atoms with Crippen molar-refractivity contribution in [2.24, 2.45) is 7.05 Å². The Morgan fingerprint density at radius 1 is 1.20 bits per heavy atom. The predicted octanol–water partition coefficient (Wildman–Crippen LogP) is 3.84.